The summed E-state index contributed by atoms with van der Waals surface area (Å²) in [5.74, 6) is -0.628. The zero-order valence-corrected chi connectivity index (χ0v) is 21.0. The standard InChI is InChI=1S/C25H27ClN2O5S/c1-14(2)24(29)32-13-16-9-10-19(27)20(11-16)28-22-12-21(23(34-22)25(30)31-4)33-15(3)17-7-5-6-8-18(17)26/h5-12,14-15,28H,13,27H2,1-4H3. The van der Waals surface area contributed by atoms with Crippen LogP contribution in [0, 0.1) is 5.92 Å². The maximum atomic E-state index is 12.4. The number of anilines is 3. The van der Waals surface area contributed by atoms with Gasteiger partial charge in [-0.2, -0.15) is 0 Å². The van der Waals surface area contributed by atoms with Gasteiger partial charge < -0.3 is 25.3 Å². The molecule has 0 aliphatic rings. The molecule has 0 aliphatic heterocycles. The first-order chi connectivity index (χ1) is 16.2. The Hall–Kier alpha value is -3.23. The van der Waals surface area contributed by atoms with Crippen LogP contribution in [0.25, 0.3) is 0 Å². The summed E-state index contributed by atoms with van der Waals surface area (Å²) in [5.41, 5.74) is 8.83. The molecule has 3 N–H and O–H groups in total. The SMILES string of the molecule is COC(=O)c1sc(Nc2cc(COC(=O)C(C)C)ccc2N)cc1OC(C)c1ccccc1Cl. The molecule has 9 heteroatoms. The Morgan fingerprint density at radius 2 is 1.85 bits per heavy atom. The predicted octanol–water partition coefficient (Wildman–Crippen LogP) is 6.35. The van der Waals surface area contributed by atoms with E-state index < -0.39 is 12.1 Å². The molecule has 7 nitrogen and oxygen atoms in total. The lowest BCUT2D eigenvalue weighted by Gasteiger charge is -2.16. The summed E-state index contributed by atoms with van der Waals surface area (Å²) in [6.07, 6.45) is -0.399. The third-order valence-electron chi connectivity index (χ3n) is 4.94. The van der Waals surface area contributed by atoms with E-state index in [0.717, 1.165) is 11.1 Å². The van der Waals surface area contributed by atoms with Gasteiger partial charge in [-0.1, -0.05) is 49.7 Å². The van der Waals surface area contributed by atoms with E-state index in [1.165, 1.54) is 18.4 Å². The molecular formula is C25H27ClN2O5S. The first-order valence-corrected chi connectivity index (χ1v) is 11.8. The number of hydrogen-bond acceptors (Lipinski definition) is 8. The number of esters is 2. The van der Waals surface area contributed by atoms with Crippen molar-refractivity contribution < 1.29 is 23.8 Å². The molecule has 0 aliphatic carbocycles. The van der Waals surface area contributed by atoms with Crippen LogP contribution in [0.15, 0.2) is 48.5 Å². The number of carbonyl (C=O) groups excluding carboxylic acids is 2. The highest BCUT2D eigenvalue weighted by atomic mass is 35.5. The Bertz CT molecular complexity index is 1180. The number of thiophene rings is 1. The normalized spacial score (nSPS) is 11.7. The van der Waals surface area contributed by atoms with Crippen molar-refractivity contribution in [2.75, 3.05) is 18.2 Å². The molecule has 1 heterocycles. The summed E-state index contributed by atoms with van der Waals surface area (Å²) < 4.78 is 16.3. The second kappa shape index (κ2) is 11.3. The second-order valence-electron chi connectivity index (χ2n) is 7.89. The van der Waals surface area contributed by atoms with E-state index in [2.05, 4.69) is 5.32 Å². The van der Waals surface area contributed by atoms with Gasteiger partial charge in [0.15, 0.2) is 4.88 Å². The summed E-state index contributed by atoms with van der Waals surface area (Å²) >= 11 is 7.48. The number of nitrogens with two attached hydrogens (primary N) is 1. The molecule has 34 heavy (non-hydrogen) atoms. The lowest BCUT2D eigenvalue weighted by atomic mass is 10.1. The summed E-state index contributed by atoms with van der Waals surface area (Å²) in [6, 6.07) is 14.4. The van der Waals surface area contributed by atoms with Crippen molar-refractivity contribution in [3.05, 3.63) is 69.6 Å². The zero-order chi connectivity index (χ0) is 24.8. The maximum Gasteiger partial charge on any atom is 0.351 e. The molecule has 1 aromatic heterocycles. The van der Waals surface area contributed by atoms with Gasteiger partial charge in [0.2, 0.25) is 0 Å². The summed E-state index contributed by atoms with van der Waals surface area (Å²) in [5, 5.41) is 4.43. The van der Waals surface area contributed by atoms with Crippen LogP contribution in [0.3, 0.4) is 0 Å². The van der Waals surface area contributed by atoms with Crippen LogP contribution >= 0.6 is 22.9 Å². The van der Waals surface area contributed by atoms with Crippen molar-refractivity contribution in [3.63, 3.8) is 0 Å². The molecule has 0 radical (unpaired) electrons. The molecule has 3 rings (SSSR count). The van der Waals surface area contributed by atoms with E-state index in [-0.39, 0.29) is 18.5 Å². The third-order valence-corrected chi connectivity index (χ3v) is 6.30. The predicted molar refractivity (Wildman–Crippen MR) is 135 cm³/mol. The van der Waals surface area contributed by atoms with E-state index >= 15 is 0 Å². The molecule has 0 spiro atoms. The van der Waals surface area contributed by atoms with Crippen LogP contribution in [0.4, 0.5) is 16.4 Å². The summed E-state index contributed by atoms with van der Waals surface area (Å²) in [7, 11) is 1.32. The Morgan fingerprint density at radius 1 is 1.12 bits per heavy atom. The van der Waals surface area contributed by atoms with E-state index in [9.17, 15) is 9.59 Å². The fourth-order valence-electron chi connectivity index (χ4n) is 3.07. The topological polar surface area (TPSA) is 99.9 Å². The molecule has 1 atom stereocenters. The van der Waals surface area contributed by atoms with Gasteiger partial charge in [0.05, 0.1) is 29.4 Å². The summed E-state index contributed by atoms with van der Waals surface area (Å²) in [6.45, 7) is 5.54. The number of ether oxygens (including phenoxy) is 3. The van der Waals surface area contributed by atoms with Crippen LogP contribution in [-0.2, 0) is 20.9 Å². The van der Waals surface area contributed by atoms with Gasteiger partial charge in [0.1, 0.15) is 18.5 Å². The molecule has 0 fully saturated rings. The molecular weight excluding hydrogens is 476 g/mol. The van der Waals surface area contributed by atoms with Gasteiger partial charge in [0, 0.05) is 16.7 Å². The first kappa shape index (κ1) is 25.4. The lowest BCUT2D eigenvalue weighted by Crippen LogP contribution is -2.11. The molecule has 3 aromatic rings. The van der Waals surface area contributed by atoms with Crippen molar-refractivity contribution in [2.24, 2.45) is 5.92 Å². The van der Waals surface area contributed by atoms with Crippen molar-refractivity contribution in [3.8, 4) is 5.75 Å². The van der Waals surface area contributed by atoms with Gasteiger partial charge in [-0.25, -0.2) is 4.79 Å². The van der Waals surface area contributed by atoms with Gasteiger partial charge in [0.25, 0.3) is 0 Å². The van der Waals surface area contributed by atoms with E-state index in [0.29, 0.717) is 32.0 Å². The molecule has 180 valence electrons. The molecule has 1 unspecified atom stereocenters. The molecule has 2 aromatic carbocycles. The first-order valence-electron chi connectivity index (χ1n) is 10.6. The van der Waals surface area contributed by atoms with Crippen LogP contribution in [0.1, 0.15) is 47.7 Å². The van der Waals surface area contributed by atoms with Crippen LogP contribution < -0.4 is 15.8 Å². The quantitative estimate of drug-likeness (QED) is 0.259. The van der Waals surface area contributed by atoms with Crippen molar-refractivity contribution >= 4 is 51.3 Å². The van der Waals surface area contributed by atoms with E-state index in [1.807, 2.05) is 25.1 Å². The highest BCUT2D eigenvalue weighted by molar-refractivity contribution is 7.18. The number of methoxy groups -OCH3 is 1. The van der Waals surface area contributed by atoms with Crippen LogP contribution in [0.5, 0.6) is 5.75 Å². The van der Waals surface area contributed by atoms with Crippen molar-refractivity contribution in [2.45, 2.75) is 33.5 Å². The lowest BCUT2D eigenvalue weighted by molar-refractivity contribution is -0.148. The van der Waals surface area contributed by atoms with Crippen LogP contribution in [-0.4, -0.2) is 19.0 Å². The number of halogens is 1. The number of carbonyl (C=O) groups is 2. The fourth-order valence-corrected chi connectivity index (χ4v) is 4.28. The minimum Gasteiger partial charge on any atom is -0.484 e. The van der Waals surface area contributed by atoms with Gasteiger partial charge in [-0.05, 0) is 30.7 Å². The Morgan fingerprint density at radius 3 is 2.53 bits per heavy atom. The second-order valence-corrected chi connectivity index (χ2v) is 9.35. The smallest absolute Gasteiger partial charge is 0.351 e. The fraction of sp³-hybridized carbons (Fsp3) is 0.280. The highest BCUT2D eigenvalue weighted by Gasteiger charge is 2.22. The maximum absolute atomic E-state index is 12.4. The number of nitrogens with one attached hydrogen (secondary N) is 1. The van der Waals surface area contributed by atoms with Crippen molar-refractivity contribution in [1.29, 1.82) is 0 Å². The summed E-state index contributed by atoms with van der Waals surface area (Å²) in [4.78, 5) is 24.5. The minimum absolute atomic E-state index is 0.132. The van der Waals surface area contributed by atoms with Crippen LogP contribution in [0.2, 0.25) is 5.02 Å². The molecule has 0 saturated carbocycles. The number of hydrogen-bond donors (Lipinski definition) is 2. The number of benzene rings is 2. The number of rotatable bonds is 9. The monoisotopic (exact) mass is 502 g/mol. The molecule has 0 bridgehead atoms. The van der Waals surface area contributed by atoms with Gasteiger partial charge in [-0.3, -0.25) is 4.79 Å². The Labute approximate surface area is 207 Å². The Kier molecular flexibility index (Phi) is 8.41. The average Bonchev–Trinajstić information content (AvgIpc) is 3.20. The zero-order valence-electron chi connectivity index (χ0n) is 19.4. The number of nitrogen functional groups attached to an aromatic ring is 1. The van der Waals surface area contributed by atoms with Gasteiger partial charge in [-0.15, -0.1) is 11.3 Å². The molecule has 0 saturated heterocycles. The average molecular weight is 503 g/mol. The third kappa shape index (κ3) is 6.21. The Balaban J connectivity index is 1.83. The molecule has 0 amide bonds. The largest absolute Gasteiger partial charge is 0.484 e. The van der Waals surface area contributed by atoms with E-state index in [4.69, 9.17) is 31.5 Å². The van der Waals surface area contributed by atoms with Gasteiger partial charge >= 0.3 is 11.9 Å². The van der Waals surface area contributed by atoms with E-state index in [1.54, 1.807) is 44.2 Å². The van der Waals surface area contributed by atoms with Crippen molar-refractivity contribution in [1.82, 2.24) is 0 Å². The minimum atomic E-state index is -0.512. The highest BCUT2D eigenvalue weighted by Crippen LogP contribution is 2.39.